The number of terminal acetylenes is 3. The number of hydrogen-bond acceptors (Lipinski definition) is 0. The van der Waals surface area contributed by atoms with Gasteiger partial charge in [-0.2, -0.15) is 0 Å². The van der Waals surface area contributed by atoms with Crippen molar-refractivity contribution in [1.29, 1.82) is 0 Å². The van der Waals surface area contributed by atoms with Crippen LogP contribution in [0.15, 0.2) is 174 Å². The zero-order chi connectivity index (χ0) is 38.7. The summed E-state index contributed by atoms with van der Waals surface area (Å²) >= 11 is 3.67. The van der Waals surface area contributed by atoms with Gasteiger partial charge in [0.15, 0.2) is 0 Å². The van der Waals surface area contributed by atoms with Crippen LogP contribution >= 0.6 is 15.9 Å². The van der Waals surface area contributed by atoms with Crippen molar-refractivity contribution in [1.82, 2.24) is 0 Å². The van der Waals surface area contributed by atoms with E-state index in [2.05, 4.69) is 166 Å². The van der Waals surface area contributed by atoms with Gasteiger partial charge in [-0.05, 0) is 125 Å². The van der Waals surface area contributed by atoms with Crippen LogP contribution in [0.3, 0.4) is 0 Å². The lowest BCUT2D eigenvalue weighted by Gasteiger charge is -2.37. The van der Waals surface area contributed by atoms with Gasteiger partial charge in [0.1, 0.15) is 0 Å². The smallest absolute Gasteiger partial charge is 0.0701 e. The molecule has 0 saturated carbocycles. The van der Waals surface area contributed by atoms with Crippen LogP contribution in [0.25, 0.3) is 0 Å². The molecule has 0 unspecified atom stereocenters. The maximum absolute atomic E-state index is 5.62. The first kappa shape index (κ1) is 36.7. The van der Waals surface area contributed by atoms with E-state index < -0.39 is 5.41 Å². The largest absolute Gasteiger partial charge is 0.115 e. The summed E-state index contributed by atoms with van der Waals surface area (Å²) < 4.78 is 0.994. The predicted molar refractivity (Wildman–Crippen MR) is 234 cm³/mol. The molecule has 0 heterocycles. The zero-order valence-electron chi connectivity index (χ0n) is 30.3. The van der Waals surface area contributed by atoms with Crippen molar-refractivity contribution >= 4 is 15.9 Å². The lowest BCUT2D eigenvalue weighted by Crippen LogP contribution is -2.31. The zero-order valence-corrected chi connectivity index (χ0v) is 31.9. The molecule has 0 aliphatic rings. The molecular weight excluding hydrogens is 741 g/mol. The Morgan fingerprint density at radius 1 is 0.304 bits per heavy atom. The summed E-state index contributed by atoms with van der Waals surface area (Å²) in [7, 11) is 0. The van der Waals surface area contributed by atoms with Gasteiger partial charge in [-0.25, -0.2) is 0 Å². The summed E-state index contributed by atoms with van der Waals surface area (Å²) in [6.07, 6.45) is 16.9. The van der Waals surface area contributed by atoms with E-state index in [1.54, 1.807) is 0 Å². The molecule has 0 aliphatic carbocycles. The van der Waals surface area contributed by atoms with E-state index in [-0.39, 0.29) is 0 Å². The molecule has 258 valence electrons. The number of benzene rings is 7. The molecule has 0 fully saturated rings. The van der Waals surface area contributed by atoms with Crippen molar-refractivity contribution in [2.45, 2.75) is 5.41 Å². The standard InChI is InChI=1S/C55H31Br/c1-4-41-10-7-13-47(38-41)19-16-44-22-28-50(29-23-44)55(53-34-36-54(56)37-35-53,51-30-24-45(25-31-51)17-20-48-14-8-11-42(5-2)39-48)52-32-26-46(27-33-52)18-21-49-15-9-12-43(6-3)40-49/h1-3,7-15,22-40H. The third-order valence-electron chi connectivity index (χ3n) is 9.37. The number of hydrogen-bond donors (Lipinski definition) is 0. The van der Waals surface area contributed by atoms with E-state index in [1.165, 1.54) is 0 Å². The highest BCUT2D eigenvalue weighted by atomic mass is 79.9. The topological polar surface area (TPSA) is 0 Å². The van der Waals surface area contributed by atoms with Crippen LogP contribution in [0.4, 0.5) is 0 Å². The molecule has 0 N–H and O–H groups in total. The van der Waals surface area contributed by atoms with E-state index in [9.17, 15) is 0 Å². The van der Waals surface area contributed by atoms with E-state index >= 15 is 0 Å². The fourth-order valence-corrected chi connectivity index (χ4v) is 6.87. The van der Waals surface area contributed by atoms with Gasteiger partial charge in [-0.15, -0.1) is 19.3 Å². The summed E-state index contributed by atoms with van der Waals surface area (Å²) in [5.41, 5.74) is 11.3. The molecule has 7 aromatic rings. The van der Waals surface area contributed by atoms with Crippen LogP contribution in [-0.2, 0) is 5.41 Å². The molecule has 0 bridgehead atoms. The average molecular weight is 772 g/mol. The van der Waals surface area contributed by atoms with E-state index in [0.717, 1.165) is 76.8 Å². The number of halogens is 1. The van der Waals surface area contributed by atoms with E-state index in [4.69, 9.17) is 19.3 Å². The number of rotatable bonds is 4. The highest BCUT2D eigenvalue weighted by Crippen LogP contribution is 2.45. The van der Waals surface area contributed by atoms with Crippen LogP contribution in [0.5, 0.6) is 0 Å². The maximum atomic E-state index is 5.62. The van der Waals surface area contributed by atoms with Crippen molar-refractivity contribution in [2.75, 3.05) is 0 Å². The van der Waals surface area contributed by atoms with Crippen molar-refractivity contribution in [3.05, 3.63) is 247 Å². The van der Waals surface area contributed by atoms with E-state index in [1.807, 2.05) is 72.8 Å². The van der Waals surface area contributed by atoms with Gasteiger partial charge in [-0.3, -0.25) is 0 Å². The van der Waals surface area contributed by atoms with Crippen molar-refractivity contribution in [2.24, 2.45) is 0 Å². The second-order valence-electron chi connectivity index (χ2n) is 12.9. The van der Waals surface area contributed by atoms with Gasteiger partial charge in [0.2, 0.25) is 0 Å². The molecule has 0 aromatic heterocycles. The second kappa shape index (κ2) is 17.0. The first-order valence-electron chi connectivity index (χ1n) is 17.8. The Kier molecular flexibility index (Phi) is 11.2. The lowest BCUT2D eigenvalue weighted by molar-refractivity contribution is 0.744. The molecule has 0 atom stereocenters. The highest BCUT2D eigenvalue weighted by molar-refractivity contribution is 9.10. The second-order valence-corrected chi connectivity index (χ2v) is 13.8. The van der Waals surface area contributed by atoms with Crippen molar-refractivity contribution < 1.29 is 0 Å². The summed E-state index contributed by atoms with van der Waals surface area (Å²) in [5, 5.41) is 0. The van der Waals surface area contributed by atoms with Crippen LogP contribution in [0.2, 0.25) is 0 Å². The van der Waals surface area contributed by atoms with Crippen LogP contribution in [-0.4, -0.2) is 0 Å². The first-order valence-corrected chi connectivity index (χ1v) is 18.6. The molecule has 0 saturated heterocycles. The third kappa shape index (κ3) is 8.28. The van der Waals surface area contributed by atoms with Crippen LogP contribution < -0.4 is 0 Å². The molecule has 1 heteroatoms. The van der Waals surface area contributed by atoms with Gasteiger partial charge in [0.25, 0.3) is 0 Å². The SMILES string of the molecule is C#Cc1cccc(C#Cc2ccc(C(c3ccc(Br)cc3)(c3ccc(C#Cc4cccc(C#C)c4)cc3)c3ccc(C#Cc4cccc(C#C)c4)cc3)cc2)c1. The summed E-state index contributed by atoms with van der Waals surface area (Å²) in [4.78, 5) is 0. The van der Waals surface area contributed by atoms with Gasteiger partial charge in [0, 0.05) is 54.5 Å². The Balaban J connectivity index is 1.35. The predicted octanol–water partition coefficient (Wildman–Crippen LogP) is 11.0. The maximum Gasteiger partial charge on any atom is 0.0701 e. The Morgan fingerprint density at radius 3 is 0.839 bits per heavy atom. The first-order chi connectivity index (χ1) is 27.5. The van der Waals surface area contributed by atoms with Gasteiger partial charge in [-0.1, -0.05) is 136 Å². The average Bonchev–Trinajstić information content (AvgIpc) is 3.26. The summed E-state index contributed by atoms with van der Waals surface area (Å²) in [5.74, 6) is 27.8. The fourth-order valence-electron chi connectivity index (χ4n) is 6.60. The Bertz CT molecular complexity index is 2580. The third-order valence-corrected chi connectivity index (χ3v) is 9.90. The van der Waals surface area contributed by atoms with Crippen molar-refractivity contribution in [3.8, 4) is 72.6 Å². The van der Waals surface area contributed by atoms with Crippen LogP contribution in [0, 0.1) is 72.6 Å². The van der Waals surface area contributed by atoms with Crippen LogP contribution in [0.1, 0.15) is 72.3 Å². The lowest BCUT2D eigenvalue weighted by atomic mass is 9.65. The Hall–Kier alpha value is -7.62. The molecule has 56 heavy (non-hydrogen) atoms. The molecule has 0 amide bonds. The van der Waals surface area contributed by atoms with Gasteiger partial charge >= 0.3 is 0 Å². The fraction of sp³-hybridized carbons (Fsp3) is 0.0182. The Morgan fingerprint density at radius 2 is 0.554 bits per heavy atom. The molecule has 7 aromatic carbocycles. The quantitative estimate of drug-likeness (QED) is 0.124. The van der Waals surface area contributed by atoms with Gasteiger partial charge < -0.3 is 0 Å². The minimum Gasteiger partial charge on any atom is -0.115 e. The normalized spacial score (nSPS) is 10.1. The minimum absolute atomic E-state index is 0.714. The summed E-state index contributed by atoms with van der Waals surface area (Å²) in [6.45, 7) is 0. The molecule has 0 aliphatic heterocycles. The highest BCUT2D eigenvalue weighted by Gasteiger charge is 2.38. The molecule has 7 rings (SSSR count). The molecule has 0 nitrogen and oxygen atoms in total. The van der Waals surface area contributed by atoms with Crippen molar-refractivity contribution in [3.63, 3.8) is 0 Å². The molecule has 0 spiro atoms. The molecule has 0 radical (unpaired) electrons. The monoisotopic (exact) mass is 770 g/mol. The van der Waals surface area contributed by atoms with E-state index in [0.29, 0.717) is 0 Å². The minimum atomic E-state index is -0.714. The Labute approximate surface area is 338 Å². The molecular formula is C55H31Br. The van der Waals surface area contributed by atoms with Gasteiger partial charge in [0.05, 0.1) is 5.41 Å². The summed E-state index contributed by atoms with van der Waals surface area (Å²) in [6, 6.07) is 57.1.